The molecule has 3 aromatic rings. The highest BCUT2D eigenvalue weighted by Gasteiger charge is 2.05. The van der Waals surface area contributed by atoms with Gasteiger partial charge in [0.2, 0.25) is 0 Å². The number of nitrogens with zero attached hydrogens (tertiary/aromatic N) is 3. The van der Waals surface area contributed by atoms with E-state index in [1.807, 2.05) is 28.4 Å². The van der Waals surface area contributed by atoms with Crippen LogP contribution >= 0.6 is 11.3 Å². The lowest BCUT2D eigenvalue weighted by Gasteiger charge is -2.05. The number of carbonyl (C=O) groups is 1. The van der Waals surface area contributed by atoms with Gasteiger partial charge in [0.25, 0.3) is 5.91 Å². The third kappa shape index (κ3) is 3.35. The van der Waals surface area contributed by atoms with E-state index in [1.165, 1.54) is 0 Å². The van der Waals surface area contributed by atoms with Crippen LogP contribution in [-0.4, -0.2) is 27.2 Å². The fraction of sp³-hybridized carbons (Fsp3) is 0.133. The van der Waals surface area contributed by atoms with Gasteiger partial charge in [-0.05, 0) is 29.6 Å². The topological polar surface area (TPSA) is 59.8 Å². The lowest BCUT2D eigenvalue weighted by atomic mass is 10.2. The van der Waals surface area contributed by atoms with Crippen molar-refractivity contribution < 1.29 is 4.79 Å². The zero-order valence-corrected chi connectivity index (χ0v) is 12.1. The molecule has 0 aliphatic heterocycles. The van der Waals surface area contributed by atoms with Gasteiger partial charge in [-0.15, -0.1) is 0 Å². The molecule has 0 spiro atoms. The minimum absolute atomic E-state index is 0.117. The number of nitrogens with one attached hydrogen (secondary N) is 1. The van der Waals surface area contributed by atoms with E-state index in [0.29, 0.717) is 18.7 Å². The van der Waals surface area contributed by atoms with Crippen LogP contribution in [0.5, 0.6) is 0 Å². The number of rotatable bonds is 5. The Bertz CT molecular complexity index is 706. The summed E-state index contributed by atoms with van der Waals surface area (Å²) in [5.41, 5.74) is 2.64. The van der Waals surface area contributed by atoms with E-state index in [0.717, 1.165) is 11.3 Å². The van der Waals surface area contributed by atoms with Crippen molar-refractivity contribution in [3.8, 4) is 11.3 Å². The highest BCUT2D eigenvalue weighted by molar-refractivity contribution is 7.08. The van der Waals surface area contributed by atoms with Gasteiger partial charge >= 0.3 is 0 Å². The minimum Gasteiger partial charge on any atom is -0.350 e. The van der Waals surface area contributed by atoms with Gasteiger partial charge in [-0.25, -0.2) is 0 Å². The molecule has 0 fully saturated rings. The van der Waals surface area contributed by atoms with E-state index in [9.17, 15) is 4.79 Å². The molecule has 3 aromatic heterocycles. The molecule has 3 rings (SSSR count). The molecule has 0 saturated carbocycles. The third-order valence-electron chi connectivity index (χ3n) is 3.01. The van der Waals surface area contributed by atoms with Crippen LogP contribution in [0.4, 0.5) is 0 Å². The Hall–Kier alpha value is -2.47. The SMILES string of the molecule is O=C(NCCn1ccc(-c2ccsc2)n1)c1cccnc1. The zero-order chi connectivity index (χ0) is 14.5. The first-order valence-electron chi connectivity index (χ1n) is 6.57. The number of thiophene rings is 1. The average Bonchev–Trinajstić information content (AvgIpc) is 3.19. The molecule has 1 N–H and O–H groups in total. The Morgan fingerprint density at radius 2 is 2.29 bits per heavy atom. The molecule has 0 radical (unpaired) electrons. The van der Waals surface area contributed by atoms with E-state index in [4.69, 9.17) is 0 Å². The molecule has 0 aromatic carbocycles. The Balaban J connectivity index is 1.53. The maximum Gasteiger partial charge on any atom is 0.252 e. The van der Waals surface area contributed by atoms with Gasteiger partial charge in [-0.2, -0.15) is 16.4 Å². The summed E-state index contributed by atoms with van der Waals surface area (Å²) in [4.78, 5) is 15.8. The summed E-state index contributed by atoms with van der Waals surface area (Å²) in [6.07, 6.45) is 5.12. The quantitative estimate of drug-likeness (QED) is 0.787. The number of aromatic nitrogens is 3. The fourth-order valence-electron chi connectivity index (χ4n) is 1.93. The van der Waals surface area contributed by atoms with Crippen molar-refractivity contribution in [2.24, 2.45) is 0 Å². The normalized spacial score (nSPS) is 10.5. The lowest BCUT2D eigenvalue weighted by Crippen LogP contribution is -2.27. The van der Waals surface area contributed by atoms with Crippen LogP contribution < -0.4 is 5.32 Å². The molecule has 1 amide bonds. The smallest absolute Gasteiger partial charge is 0.252 e. The Morgan fingerprint density at radius 3 is 3.05 bits per heavy atom. The average molecular weight is 298 g/mol. The van der Waals surface area contributed by atoms with Crippen LogP contribution in [0, 0.1) is 0 Å². The Kier molecular flexibility index (Phi) is 4.07. The highest BCUT2D eigenvalue weighted by atomic mass is 32.1. The van der Waals surface area contributed by atoms with Gasteiger partial charge in [0.1, 0.15) is 0 Å². The summed E-state index contributed by atoms with van der Waals surface area (Å²) in [6.45, 7) is 1.16. The predicted octanol–water partition coefficient (Wildman–Crippen LogP) is 2.44. The predicted molar refractivity (Wildman–Crippen MR) is 82.1 cm³/mol. The fourth-order valence-corrected chi connectivity index (χ4v) is 2.58. The summed E-state index contributed by atoms with van der Waals surface area (Å²) in [7, 11) is 0. The summed E-state index contributed by atoms with van der Waals surface area (Å²) in [6, 6.07) is 7.51. The largest absolute Gasteiger partial charge is 0.350 e. The van der Waals surface area contributed by atoms with Gasteiger partial charge in [-0.3, -0.25) is 14.5 Å². The second-order valence-electron chi connectivity index (χ2n) is 4.47. The van der Waals surface area contributed by atoms with Gasteiger partial charge in [-0.1, -0.05) is 0 Å². The summed E-state index contributed by atoms with van der Waals surface area (Å²) < 4.78 is 1.83. The van der Waals surface area contributed by atoms with Crippen LogP contribution in [0.25, 0.3) is 11.3 Å². The minimum atomic E-state index is -0.117. The van der Waals surface area contributed by atoms with Crippen molar-refractivity contribution in [1.82, 2.24) is 20.1 Å². The van der Waals surface area contributed by atoms with Crippen LogP contribution in [0.15, 0.2) is 53.6 Å². The van der Waals surface area contributed by atoms with Crippen molar-refractivity contribution >= 4 is 17.2 Å². The second-order valence-corrected chi connectivity index (χ2v) is 5.25. The van der Waals surface area contributed by atoms with E-state index in [1.54, 1.807) is 35.9 Å². The van der Waals surface area contributed by atoms with Gasteiger partial charge in [0.15, 0.2) is 0 Å². The number of amides is 1. The molecule has 0 atom stereocenters. The monoisotopic (exact) mass is 298 g/mol. The Labute approximate surface area is 126 Å². The molecular weight excluding hydrogens is 284 g/mol. The molecule has 5 nitrogen and oxygen atoms in total. The molecule has 0 saturated heterocycles. The summed E-state index contributed by atoms with van der Waals surface area (Å²) >= 11 is 1.65. The number of carbonyl (C=O) groups excluding carboxylic acids is 1. The van der Waals surface area contributed by atoms with E-state index >= 15 is 0 Å². The third-order valence-corrected chi connectivity index (χ3v) is 3.69. The summed E-state index contributed by atoms with van der Waals surface area (Å²) in [5, 5.41) is 11.4. The molecule has 0 bridgehead atoms. The second kappa shape index (κ2) is 6.32. The van der Waals surface area contributed by atoms with Crippen molar-refractivity contribution in [2.75, 3.05) is 6.54 Å². The number of pyridine rings is 1. The van der Waals surface area contributed by atoms with Crippen molar-refractivity contribution in [3.63, 3.8) is 0 Å². The first kappa shape index (κ1) is 13.5. The van der Waals surface area contributed by atoms with Gasteiger partial charge in [0, 0.05) is 36.1 Å². The first-order chi connectivity index (χ1) is 10.3. The molecule has 0 unspecified atom stereocenters. The van der Waals surface area contributed by atoms with Crippen LogP contribution in [0.3, 0.4) is 0 Å². The summed E-state index contributed by atoms with van der Waals surface area (Å²) in [5.74, 6) is -0.117. The van der Waals surface area contributed by atoms with Crippen LogP contribution in [-0.2, 0) is 6.54 Å². The van der Waals surface area contributed by atoms with Gasteiger partial charge < -0.3 is 5.32 Å². The molecular formula is C15H14N4OS. The highest BCUT2D eigenvalue weighted by Crippen LogP contribution is 2.19. The molecule has 0 aliphatic carbocycles. The standard InChI is InChI=1S/C15H14N4OS/c20-15(12-2-1-5-16-10-12)17-6-8-19-7-3-14(18-19)13-4-9-21-11-13/h1-5,7,9-11H,6,8H2,(H,17,20). The van der Waals surface area contributed by atoms with Crippen LogP contribution in [0.2, 0.25) is 0 Å². The van der Waals surface area contributed by atoms with E-state index in [2.05, 4.69) is 20.8 Å². The zero-order valence-electron chi connectivity index (χ0n) is 11.3. The molecule has 0 aliphatic rings. The Morgan fingerprint density at radius 1 is 1.33 bits per heavy atom. The van der Waals surface area contributed by atoms with E-state index < -0.39 is 0 Å². The van der Waals surface area contributed by atoms with Crippen molar-refractivity contribution in [1.29, 1.82) is 0 Å². The number of hydrogen-bond acceptors (Lipinski definition) is 4. The first-order valence-corrected chi connectivity index (χ1v) is 7.51. The maximum atomic E-state index is 11.8. The van der Waals surface area contributed by atoms with Crippen molar-refractivity contribution in [2.45, 2.75) is 6.54 Å². The van der Waals surface area contributed by atoms with Gasteiger partial charge in [0.05, 0.1) is 17.8 Å². The van der Waals surface area contributed by atoms with E-state index in [-0.39, 0.29) is 5.91 Å². The molecule has 21 heavy (non-hydrogen) atoms. The van der Waals surface area contributed by atoms with Crippen molar-refractivity contribution in [3.05, 3.63) is 59.2 Å². The molecule has 6 heteroatoms. The molecule has 106 valence electrons. The maximum absolute atomic E-state index is 11.8. The lowest BCUT2D eigenvalue weighted by molar-refractivity contribution is 0.0951. The van der Waals surface area contributed by atoms with Crippen LogP contribution in [0.1, 0.15) is 10.4 Å². The number of hydrogen-bond donors (Lipinski definition) is 1. The molecule has 3 heterocycles.